The summed E-state index contributed by atoms with van der Waals surface area (Å²) in [6, 6.07) is 16.6. The molecule has 0 aliphatic carbocycles. The molecule has 1 aromatic heterocycles. The van der Waals surface area contributed by atoms with Gasteiger partial charge in [0.15, 0.2) is 0 Å². The van der Waals surface area contributed by atoms with E-state index in [0.29, 0.717) is 6.42 Å². The molecule has 4 nitrogen and oxygen atoms in total. The summed E-state index contributed by atoms with van der Waals surface area (Å²) in [5.74, 6) is 0.251. The van der Waals surface area contributed by atoms with Crippen LogP contribution < -0.4 is 0 Å². The van der Waals surface area contributed by atoms with Gasteiger partial charge in [-0.25, -0.2) is 0 Å². The number of amides is 1. The maximum absolute atomic E-state index is 12.6. The lowest BCUT2D eigenvalue weighted by molar-refractivity contribution is -0.132. The van der Waals surface area contributed by atoms with Crippen LogP contribution in [0.2, 0.25) is 0 Å². The van der Waals surface area contributed by atoms with Crippen molar-refractivity contribution in [1.82, 2.24) is 14.8 Å². The van der Waals surface area contributed by atoms with Gasteiger partial charge in [0.05, 0.1) is 6.42 Å². The van der Waals surface area contributed by atoms with E-state index in [1.807, 2.05) is 17.0 Å². The summed E-state index contributed by atoms with van der Waals surface area (Å²) in [4.78, 5) is 20.5. The predicted molar refractivity (Wildman–Crippen MR) is 110 cm³/mol. The van der Waals surface area contributed by atoms with Crippen LogP contribution in [0.25, 0.3) is 10.9 Å². The quantitative estimate of drug-likeness (QED) is 0.756. The Labute approximate surface area is 160 Å². The van der Waals surface area contributed by atoms with Crippen molar-refractivity contribution in [3.05, 3.63) is 71.4 Å². The molecule has 1 fully saturated rings. The summed E-state index contributed by atoms with van der Waals surface area (Å²) in [7, 11) is 0. The largest absolute Gasteiger partial charge is 0.361 e. The minimum atomic E-state index is 0.251. The summed E-state index contributed by atoms with van der Waals surface area (Å²) >= 11 is 0. The van der Waals surface area contributed by atoms with E-state index in [1.54, 1.807) is 0 Å². The molecule has 0 saturated carbocycles. The van der Waals surface area contributed by atoms with Gasteiger partial charge in [0.25, 0.3) is 0 Å². The second-order valence-electron chi connectivity index (χ2n) is 7.44. The first-order valence-corrected chi connectivity index (χ1v) is 9.80. The maximum atomic E-state index is 12.6. The van der Waals surface area contributed by atoms with Gasteiger partial charge >= 0.3 is 0 Å². The smallest absolute Gasteiger partial charge is 0.227 e. The van der Waals surface area contributed by atoms with Gasteiger partial charge in [-0.1, -0.05) is 42.5 Å². The lowest BCUT2D eigenvalue weighted by Gasteiger charge is -2.35. The van der Waals surface area contributed by atoms with Crippen molar-refractivity contribution in [2.24, 2.45) is 0 Å². The highest BCUT2D eigenvalue weighted by Gasteiger charge is 2.21. The average Bonchev–Trinajstić information content (AvgIpc) is 3.12. The molecule has 2 aromatic carbocycles. The fourth-order valence-electron chi connectivity index (χ4n) is 3.92. The summed E-state index contributed by atoms with van der Waals surface area (Å²) < 4.78 is 0. The number of nitrogens with zero attached hydrogens (tertiary/aromatic N) is 2. The lowest BCUT2D eigenvalue weighted by Crippen LogP contribution is -2.49. The summed E-state index contributed by atoms with van der Waals surface area (Å²) in [5, 5.41) is 1.32. The number of aromatic amines is 1. The highest BCUT2D eigenvalue weighted by molar-refractivity contribution is 5.83. The van der Waals surface area contributed by atoms with Gasteiger partial charge in [0.1, 0.15) is 0 Å². The van der Waals surface area contributed by atoms with Crippen LogP contribution in [0.4, 0.5) is 0 Å². The molecule has 0 spiro atoms. The van der Waals surface area contributed by atoms with Gasteiger partial charge in [-0.3, -0.25) is 9.69 Å². The monoisotopic (exact) mass is 361 g/mol. The Bertz CT molecular complexity index is 922. The molecule has 140 valence electrons. The first kappa shape index (κ1) is 17.8. The van der Waals surface area contributed by atoms with E-state index in [2.05, 4.69) is 59.4 Å². The number of piperazine rings is 1. The number of benzene rings is 2. The highest BCUT2D eigenvalue weighted by atomic mass is 16.2. The second kappa shape index (κ2) is 7.97. The number of nitrogens with one attached hydrogen (secondary N) is 1. The zero-order valence-corrected chi connectivity index (χ0v) is 15.9. The number of carbonyl (C=O) groups excluding carboxylic acids is 1. The summed E-state index contributed by atoms with van der Waals surface area (Å²) in [6.45, 7) is 6.70. The van der Waals surface area contributed by atoms with Crippen molar-refractivity contribution in [1.29, 1.82) is 0 Å². The molecule has 4 rings (SSSR count). The van der Waals surface area contributed by atoms with E-state index >= 15 is 0 Å². The zero-order valence-electron chi connectivity index (χ0n) is 15.9. The minimum Gasteiger partial charge on any atom is -0.361 e. The second-order valence-corrected chi connectivity index (χ2v) is 7.44. The fraction of sp³-hybridized carbons (Fsp3) is 0.348. The molecule has 0 atom stereocenters. The molecule has 1 aliphatic rings. The lowest BCUT2D eigenvalue weighted by atomic mass is 10.1. The van der Waals surface area contributed by atoms with Gasteiger partial charge in [-0.15, -0.1) is 0 Å². The molecule has 0 radical (unpaired) electrons. The van der Waals surface area contributed by atoms with E-state index < -0.39 is 0 Å². The van der Waals surface area contributed by atoms with E-state index in [0.717, 1.165) is 44.7 Å². The molecule has 1 aliphatic heterocycles. The fourth-order valence-corrected chi connectivity index (χ4v) is 3.92. The van der Waals surface area contributed by atoms with Gasteiger partial charge in [-0.2, -0.15) is 0 Å². The first-order chi connectivity index (χ1) is 13.2. The van der Waals surface area contributed by atoms with Crippen molar-refractivity contribution in [2.45, 2.75) is 19.8 Å². The predicted octanol–water partition coefficient (Wildman–Crippen LogP) is 3.41. The number of carbonyl (C=O) groups is 1. The zero-order chi connectivity index (χ0) is 18.6. The Balaban J connectivity index is 1.27. The number of hydrogen-bond acceptors (Lipinski definition) is 2. The molecule has 0 bridgehead atoms. The molecule has 1 N–H and O–H groups in total. The standard InChI is InChI=1S/C23H27N3O/c1-18-6-2-3-7-19(18)16-23(27)26-14-12-25(13-15-26)11-10-20-17-24-22-9-5-4-8-21(20)22/h2-9,17,24H,10-16H2,1H3. The topological polar surface area (TPSA) is 39.3 Å². The first-order valence-electron chi connectivity index (χ1n) is 9.80. The van der Waals surface area contributed by atoms with E-state index in [1.165, 1.54) is 22.0 Å². The summed E-state index contributed by atoms with van der Waals surface area (Å²) in [6.07, 6.45) is 3.69. The Kier molecular flexibility index (Phi) is 5.26. The molecular weight excluding hydrogens is 334 g/mol. The van der Waals surface area contributed by atoms with Crippen LogP contribution >= 0.6 is 0 Å². The number of fused-ring (bicyclic) bond motifs is 1. The molecule has 3 aromatic rings. The number of H-pyrrole nitrogens is 1. The third-order valence-corrected chi connectivity index (χ3v) is 5.70. The van der Waals surface area contributed by atoms with Gasteiger partial charge in [0, 0.05) is 49.8 Å². The van der Waals surface area contributed by atoms with Crippen LogP contribution in [0.5, 0.6) is 0 Å². The van der Waals surface area contributed by atoms with E-state index in [-0.39, 0.29) is 5.91 Å². The normalized spacial score (nSPS) is 15.4. The minimum absolute atomic E-state index is 0.251. The number of aryl methyl sites for hydroxylation is 1. The molecule has 1 saturated heterocycles. The van der Waals surface area contributed by atoms with Crippen LogP contribution in [0.1, 0.15) is 16.7 Å². The van der Waals surface area contributed by atoms with Crippen molar-refractivity contribution in [2.75, 3.05) is 32.7 Å². The molecule has 2 heterocycles. The van der Waals surface area contributed by atoms with Gasteiger partial charge < -0.3 is 9.88 Å². The van der Waals surface area contributed by atoms with Crippen molar-refractivity contribution in [3.63, 3.8) is 0 Å². The highest BCUT2D eigenvalue weighted by Crippen LogP contribution is 2.18. The van der Waals surface area contributed by atoms with Crippen LogP contribution in [0.3, 0.4) is 0 Å². The van der Waals surface area contributed by atoms with Crippen LogP contribution in [-0.4, -0.2) is 53.4 Å². The van der Waals surface area contributed by atoms with Crippen molar-refractivity contribution >= 4 is 16.8 Å². The van der Waals surface area contributed by atoms with E-state index in [4.69, 9.17) is 0 Å². The number of rotatable bonds is 5. The molecular formula is C23H27N3O. The Morgan fingerprint density at radius 3 is 2.52 bits per heavy atom. The van der Waals surface area contributed by atoms with Gasteiger partial charge in [-0.05, 0) is 36.1 Å². The third kappa shape index (κ3) is 4.06. The average molecular weight is 361 g/mol. The van der Waals surface area contributed by atoms with E-state index in [9.17, 15) is 4.79 Å². The van der Waals surface area contributed by atoms with Crippen LogP contribution in [0.15, 0.2) is 54.7 Å². The Hall–Kier alpha value is -2.59. The maximum Gasteiger partial charge on any atom is 0.227 e. The number of aromatic nitrogens is 1. The number of para-hydroxylation sites is 1. The van der Waals surface area contributed by atoms with Gasteiger partial charge in [0.2, 0.25) is 5.91 Å². The van der Waals surface area contributed by atoms with Crippen molar-refractivity contribution in [3.8, 4) is 0 Å². The Morgan fingerprint density at radius 1 is 0.963 bits per heavy atom. The molecule has 4 heteroatoms. The third-order valence-electron chi connectivity index (χ3n) is 5.70. The SMILES string of the molecule is Cc1ccccc1CC(=O)N1CCN(CCc2c[nH]c3ccccc23)CC1. The van der Waals surface area contributed by atoms with Crippen LogP contribution in [-0.2, 0) is 17.6 Å². The molecule has 0 unspecified atom stereocenters. The number of hydrogen-bond donors (Lipinski definition) is 1. The molecule has 1 amide bonds. The van der Waals surface area contributed by atoms with Crippen LogP contribution in [0, 0.1) is 6.92 Å². The summed E-state index contributed by atoms with van der Waals surface area (Å²) in [5.41, 5.74) is 4.93. The van der Waals surface area contributed by atoms with Crippen molar-refractivity contribution < 1.29 is 4.79 Å². The molecule has 27 heavy (non-hydrogen) atoms. The Morgan fingerprint density at radius 2 is 1.70 bits per heavy atom.